The summed E-state index contributed by atoms with van der Waals surface area (Å²) in [7, 11) is 4.29. The van der Waals surface area contributed by atoms with Crippen LogP contribution in [0.15, 0.2) is 0 Å². The Morgan fingerprint density at radius 3 is 1.91 bits per heavy atom. The molecule has 0 heterocycles. The summed E-state index contributed by atoms with van der Waals surface area (Å²) in [6.07, 6.45) is -0.526. The summed E-state index contributed by atoms with van der Waals surface area (Å²) in [5.41, 5.74) is 0. The summed E-state index contributed by atoms with van der Waals surface area (Å²) in [6, 6.07) is 0. The number of hydrogen-bond acceptors (Lipinski definition) is 4. The fourth-order valence-corrected chi connectivity index (χ4v) is 0.801. The van der Waals surface area contributed by atoms with Crippen LogP contribution in [0.3, 0.4) is 0 Å². The van der Waals surface area contributed by atoms with Gasteiger partial charge in [-0.2, -0.15) is 0 Å². The quantitative estimate of drug-likeness (QED) is 0.443. The largest absolute Gasteiger partial charge is 0.469 e. The van der Waals surface area contributed by atoms with Crippen molar-refractivity contribution < 1.29 is 19.0 Å². The van der Waals surface area contributed by atoms with E-state index in [9.17, 15) is 4.79 Å². The highest BCUT2D eigenvalue weighted by atomic mass is 16.7. The van der Waals surface area contributed by atoms with Gasteiger partial charge in [-0.05, 0) is 6.92 Å². The Morgan fingerprint density at radius 2 is 1.64 bits per heavy atom. The molecule has 0 fully saturated rings. The number of methoxy groups -OCH3 is 3. The molecule has 1 atom stereocenters. The third-order valence-electron chi connectivity index (χ3n) is 1.45. The predicted molar refractivity (Wildman–Crippen MR) is 39.0 cm³/mol. The third-order valence-corrected chi connectivity index (χ3v) is 1.45. The fourth-order valence-electron chi connectivity index (χ4n) is 0.801. The summed E-state index contributed by atoms with van der Waals surface area (Å²) >= 11 is 0. The van der Waals surface area contributed by atoms with E-state index in [0.717, 1.165) is 0 Å². The number of ether oxygens (including phenoxy) is 3. The van der Waals surface area contributed by atoms with E-state index in [1.165, 1.54) is 21.3 Å². The first-order valence-corrected chi connectivity index (χ1v) is 3.30. The molecule has 0 aliphatic carbocycles. The van der Waals surface area contributed by atoms with Gasteiger partial charge in [0, 0.05) is 14.2 Å². The van der Waals surface area contributed by atoms with Gasteiger partial charge in [0.25, 0.3) is 0 Å². The lowest BCUT2D eigenvalue weighted by atomic mass is 10.2. The lowest BCUT2D eigenvalue weighted by Crippen LogP contribution is -2.29. The van der Waals surface area contributed by atoms with E-state index in [4.69, 9.17) is 9.47 Å². The number of rotatable bonds is 4. The molecule has 4 heteroatoms. The number of carbonyl (C=O) groups is 1. The number of carbonyl (C=O) groups excluding carboxylic acids is 1. The highest BCUT2D eigenvalue weighted by molar-refractivity contribution is 5.72. The molecule has 0 bridgehead atoms. The molecule has 0 saturated carbocycles. The molecule has 0 N–H and O–H groups in total. The molecule has 0 aromatic carbocycles. The van der Waals surface area contributed by atoms with Gasteiger partial charge in [0.05, 0.1) is 7.11 Å². The van der Waals surface area contributed by atoms with Crippen molar-refractivity contribution in [3.63, 3.8) is 0 Å². The van der Waals surface area contributed by atoms with Crippen LogP contribution in [0.25, 0.3) is 0 Å². The van der Waals surface area contributed by atoms with Crippen LogP contribution in [0.5, 0.6) is 0 Å². The topological polar surface area (TPSA) is 44.8 Å². The second-order valence-corrected chi connectivity index (χ2v) is 2.15. The number of hydrogen-bond donors (Lipinski definition) is 0. The Bertz CT molecular complexity index is 120. The van der Waals surface area contributed by atoms with Crippen molar-refractivity contribution in [2.24, 2.45) is 5.92 Å². The van der Waals surface area contributed by atoms with Crippen molar-refractivity contribution >= 4 is 5.97 Å². The molecule has 66 valence electrons. The zero-order valence-corrected chi connectivity index (χ0v) is 7.29. The van der Waals surface area contributed by atoms with Crippen LogP contribution in [-0.4, -0.2) is 33.6 Å². The molecule has 4 nitrogen and oxygen atoms in total. The van der Waals surface area contributed by atoms with E-state index in [2.05, 4.69) is 4.74 Å². The van der Waals surface area contributed by atoms with Gasteiger partial charge >= 0.3 is 5.97 Å². The number of esters is 1. The van der Waals surface area contributed by atoms with E-state index in [1.54, 1.807) is 6.92 Å². The van der Waals surface area contributed by atoms with Crippen LogP contribution in [0, 0.1) is 5.92 Å². The molecule has 0 saturated heterocycles. The highest BCUT2D eigenvalue weighted by Gasteiger charge is 2.23. The zero-order chi connectivity index (χ0) is 8.85. The van der Waals surface area contributed by atoms with Gasteiger partial charge in [-0.3, -0.25) is 4.79 Å². The lowest BCUT2D eigenvalue weighted by molar-refractivity contribution is -0.171. The molecule has 0 aromatic heterocycles. The zero-order valence-electron chi connectivity index (χ0n) is 7.29. The Kier molecular flexibility index (Phi) is 4.81. The first-order chi connectivity index (χ1) is 5.17. The lowest BCUT2D eigenvalue weighted by Gasteiger charge is -2.18. The Hall–Kier alpha value is -0.610. The van der Waals surface area contributed by atoms with Crippen molar-refractivity contribution in [2.75, 3.05) is 21.3 Å². The molecule has 0 amide bonds. The monoisotopic (exact) mass is 162 g/mol. The molecule has 0 aliphatic heterocycles. The molecule has 0 radical (unpaired) electrons. The molecule has 0 aromatic rings. The third kappa shape index (κ3) is 2.86. The minimum atomic E-state index is -0.526. The molecule has 0 aliphatic rings. The second-order valence-electron chi connectivity index (χ2n) is 2.15. The summed E-state index contributed by atoms with van der Waals surface area (Å²) in [5.74, 6) is -0.728. The maximum absolute atomic E-state index is 10.9. The Labute approximate surface area is 66.4 Å². The van der Waals surface area contributed by atoms with Crippen LogP contribution >= 0.6 is 0 Å². The van der Waals surface area contributed by atoms with Crippen molar-refractivity contribution in [1.29, 1.82) is 0 Å². The van der Waals surface area contributed by atoms with Crippen LogP contribution in [0.4, 0.5) is 0 Å². The normalized spacial score (nSPS) is 13.2. The van der Waals surface area contributed by atoms with Gasteiger partial charge in [0.15, 0.2) is 6.29 Å². The van der Waals surface area contributed by atoms with Gasteiger partial charge in [0.1, 0.15) is 5.92 Å². The standard InChI is InChI=1S/C7H14O4/c1-5(6(8)9-2)7(10-3)11-4/h5,7H,1-4H3/t5-/m0/s1. The van der Waals surface area contributed by atoms with Crippen LogP contribution < -0.4 is 0 Å². The molecule has 0 rings (SSSR count). The molecule has 11 heavy (non-hydrogen) atoms. The van der Waals surface area contributed by atoms with Gasteiger partial charge in [-0.15, -0.1) is 0 Å². The van der Waals surface area contributed by atoms with Crippen molar-refractivity contribution in [1.82, 2.24) is 0 Å². The van der Waals surface area contributed by atoms with Crippen molar-refractivity contribution in [3.8, 4) is 0 Å². The Balaban J connectivity index is 3.97. The van der Waals surface area contributed by atoms with E-state index in [-0.39, 0.29) is 5.97 Å². The predicted octanol–water partition coefficient (Wildman–Crippen LogP) is 0.414. The minimum absolute atomic E-state index is 0.335. The average molecular weight is 162 g/mol. The fraction of sp³-hybridized carbons (Fsp3) is 0.857. The summed E-state index contributed by atoms with van der Waals surface area (Å²) in [5, 5.41) is 0. The molecular weight excluding hydrogens is 148 g/mol. The average Bonchev–Trinajstić information content (AvgIpc) is 2.05. The first-order valence-electron chi connectivity index (χ1n) is 3.30. The highest BCUT2D eigenvalue weighted by Crippen LogP contribution is 2.08. The second kappa shape index (κ2) is 5.09. The van der Waals surface area contributed by atoms with Gasteiger partial charge in [-0.1, -0.05) is 0 Å². The SMILES string of the molecule is COC(=O)[C@H](C)C(OC)OC. The summed E-state index contributed by atoms with van der Waals surface area (Å²) < 4.78 is 14.2. The maximum Gasteiger partial charge on any atom is 0.313 e. The smallest absolute Gasteiger partial charge is 0.313 e. The van der Waals surface area contributed by atoms with Gasteiger partial charge in [-0.25, -0.2) is 0 Å². The van der Waals surface area contributed by atoms with E-state index in [1.807, 2.05) is 0 Å². The van der Waals surface area contributed by atoms with Gasteiger partial charge in [0.2, 0.25) is 0 Å². The van der Waals surface area contributed by atoms with Crippen molar-refractivity contribution in [2.45, 2.75) is 13.2 Å². The molecule has 0 unspecified atom stereocenters. The minimum Gasteiger partial charge on any atom is -0.469 e. The van der Waals surface area contributed by atoms with Crippen LogP contribution in [0.2, 0.25) is 0 Å². The van der Waals surface area contributed by atoms with Crippen LogP contribution in [0.1, 0.15) is 6.92 Å². The Morgan fingerprint density at radius 1 is 1.18 bits per heavy atom. The van der Waals surface area contributed by atoms with Crippen LogP contribution in [-0.2, 0) is 19.0 Å². The van der Waals surface area contributed by atoms with E-state index >= 15 is 0 Å². The first kappa shape index (κ1) is 10.4. The van der Waals surface area contributed by atoms with E-state index < -0.39 is 12.2 Å². The van der Waals surface area contributed by atoms with Crippen molar-refractivity contribution in [3.05, 3.63) is 0 Å². The van der Waals surface area contributed by atoms with E-state index in [0.29, 0.717) is 0 Å². The molecule has 0 spiro atoms. The van der Waals surface area contributed by atoms with Gasteiger partial charge < -0.3 is 14.2 Å². The summed E-state index contributed by atoms with van der Waals surface area (Å²) in [4.78, 5) is 10.9. The molecular formula is C7H14O4. The maximum atomic E-state index is 10.9. The summed E-state index contributed by atoms with van der Waals surface area (Å²) in [6.45, 7) is 1.68.